The van der Waals surface area contributed by atoms with E-state index >= 15 is 0 Å². The number of rotatable bonds is 10. The molecule has 23 heavy (non-hydrogen) atoms. The molecular formula is C16H25N3O4. The first-order chi connectivity index (χ1) is 11.0. The lowest BCUT2D eigenvalue weighted by atomic mass is 10.1. The number of hydrogen-bond donors (Lipinski definition) is 1. The largest absolute Gasteiger partial charge is 0.275 e. The van der Waals surface area contributed by atoms with Gasteiger partial charge in [-0.2, -0.15) is 0 Å². The molecule has 0 saturated carbocycles. The molecule has 4 amide bonds. The first-order valence-electron chi connectivity index (χ1n) is 8.11. The van der Waals surface area contributed by atoms with Gasteiger partial charge in [-0.15, -0.1) is 0 Å². The Kier molecular flexibility index (Phi) is 8.18. The lowest BCUT2D eigenvalue weighted by Gasteiger charge is -2.15. The van der Waals surface area contributed by atoms with E-state index in [9.17, 15) is 19.2 Å². The van der Waals surface area contributed by atoms with E-state index in [0.717, 1.165) is 19.3 Å². The van der Waals surface area contributed by atoms with Crippen LogP contribution in [0.5, 0.6) is 0 Å². The van der Waals surface area contributed by atoms with E-state index in [1.54, 1.807) is 0 Å². The maximum absolute atomic E-state index is 11.8. The lowest BCUT2D eigenvalue weighted by molar-refractivity contribution is -0.145. The van der Waals surface area contributed by atoms with Crippen LogP contribution in [0.25, 0.3) is 0 Å². The molecule has 7 heteroatoms. The standard InChI is InChI=1S/C16H25N3O4/c1-2-3-5-8-15(22)19(17)16(23)9-6-4-7-12-18-13(20)10-11-14(18)21/h10-11H,2-9,12,17H2,1H3. The molecule has 1 rings (SSSR count). The van der Waals surface area contributed by atoms with Crippen molar-refractivity contribution in [3.8, 4) is 0 Å². The third-order valence-electron chi connectivity index (χ3n) is 3.70. The van der Waals surface area contributed by atoms with Crippen LogP contribution in [0.15, 0.2) is 12.2 Å². The van der Waals surface area contributed by atoms with Crippen molar-refractivity contribution in [3.05, 3.63) is 12.2 Å². The summed E-state index contributed by atoms with van der Waals surface area (Å²) in [6.45, 7) is 2.39. The number of unbranched alkanes of at least 4 members (excludes halogenated alkanes) is 4. The van der Waals surface area contributed by atoms with Gasteiger partial charge in [0.2, 0.25) is 11.8 Å². The maximum Gasteiger partial charge on any atom is 0.253 e. The highest BCUT2D eigenvalue weighted by molar-refractivity contribution is 6.12. The maximum atomic E-state index is 11.8. The number of nitrogens with two attached hydrogens (primary N) is 1. The minimum absolute atomic E-state index is 0.191. The molecule has 0 aliphatic carbocycles. The van der Waals surface area contributed by atoms with Crippen molar-refractivity contribution in [2.24, 2.45) is 5.84 Å². The Morgan fingerprint density at radius 3 is 2.00 bits per heavy atom. The summed E-state index contributed by atoms with van der Waals surface area (Å²) in [5, 5.41) is 0.715. The number of carbonyl (C=O) groups is 4. The van der Waals surface area contributed by atoms with Gasteiger partial charge in [-0.1, -0.05) is 26.2 Å². The molecular weight excluding hydrogens is 298 g/mol. The number of hydrazine groups is 1. The van der Waals surface area contributed by atoms with Crippen molar-refractivity contribution in [2.75, 3.05) is 6.54 Å². The van der Waals surface area contributed by atoms with Crippen LogP contribution in [0.2, 0.25) is 0 Å². The molecule has 1 aliphatic heterocycles. The van der Waals surface area contributed by atoms with E-state index in [1.165, 1.54) is 17.1 Å². The third-order valence-corrected chi connectivity index (χ3v) is 3.70. The van der Waals surface area contributed by atoms with Crippen molar-refractivity contribution >= 4 is 23.6 Å². The second kappa shape index (κ2) is 9.89. The summed E-state index contributed by atoms with van der Waals surface area (Å²) in [5.74, 6) is 4.20. The van der Waals surface area contributed by atoms with Gasteiger partial charge in [0.25, 0.3) is 11.8 Å². The highest BCUT2D eigenvalue weighted by atomic mass is 16.2. The highest BCUT2D eigenvalue weighted by Crippen LogP contribution is 2.09. The molecule has 0 fully saturated rings. The second-order valence-corrected chi connectivity index (χ2v) is 5.59. The number of imide groups is 2. The van der Waals surface area contributed by atoms with Crippen LogP contribution in [0, 0.1) is 0 Å². The summed E-state index contributed by atoms with van der Waals surface area (Å²) in [6, 6.07) is 0. The number of hydrogen-bond acceptors (Lipinski definition) is 5. The summed E-state index contributed by atoms with van der Waals surface area (Å²) in [6.07, 6.45) is 7.55. The zero-order valence-electron chi connectivity index (χ0n) is 13.6. The van der Waals surface area contributed by atoms with Crippen molar-refractivity contribution in [3.63, 3.8) is 0 Å². The first-order valence-corrected chi connectivity index (χ1v) is 8.11. The summed E-state index contributed by atoms with van der Waals surface area (Å²) >= 11 is 0. The van der Waals surface area contributed by atoms with E-state index in [0.29, 0.717) is 37.2 Å². The Labute approximate surface area is 136 Å². The van der Waals surface area contributed by atoms with Crippen molar-refractivity contribution in [2.45, 2.75) is 58.3 Å². The fraction of sp³-hybridized carbons (Fsp3) is 0.625. The van der Waals surface area contributed by atoms with Gasteiger partial charge in [0, 0.05) is 31.5 Å². The van der Waals surface area contributed by atoms with Crippen LogP contribution in [0.1, 0.15) is 58.3 Å². The number of carbonyl (C=O) groups excluding carboxylic acids is 4. The van der Waals surface area contributed by atoms with Crippen molar-refractivity contribution in [1.82, 2.24) is 9.91 Å². The topological polar surface area (TPSA) is 101 Å². The summed E-state index contributed by atoms with van der Waals surface area (Å²) in [7, 11) is 0. The average Bonchev–Trinajstić information content (AvgIpc) is 2.85. The van der Waals surface area contributed by atoms with Gasteiger partial charge in [-0.05, 0) is 19.3 Å². The Morgan fingerprint density at radius 1 is 0.957 bits per heavy atom. The molecule has 2 N–H and O–H groups in total. The smallest absolute Gasteiger partial charge is 0.253 e. The Hall–Kier alpha value is -2.02. The molecule has 0 spiro atoms. The Bertz CT molecular complexity index is 470. The molecule has 1 heterocycles. The average molecular weight is 323 g/mol. The fourth-order valence-electron chi connectivity index (χ4n) is 2.28. The Morgan fingerprint density at radius 2 is 1.48 bits per heavy atom. The fourth-order valence-corrected chi connectivity index (χ4v) is 2.28. The highest BCUT2D eigenvalue weighted by Gasteiger charge is 2.22. The molecule has 0 aromatic rings. The molecule has 0 aromatic heterocycles. The SMILES string of the molecule is CCCCCC(=O)N(N)C(=O)CCCCCN1C(=O)C=CC1=O. The van der Waals surface area contributed by atoms with Gasteiger partial charge >= 0.3 is 0 Å². The van der Waals surface area contributed by atoms with E-state index in [1.807, 2.05) is 6.92 Å². The Balaban J connectivity index is 2.15. The number of amides is 4. The monoisotopic (exact) mass is 323 g/mol. The predicted molar refractivity (Wildman–Crippen MR) is 84.5 cm³/mol. The van der Waals surface area contributed by atoms with Crippen LogP contribution < -0.4 is 5.84 Å². The summed E-state index contributed by atoms with van der Waals surface area (Å²) in [5.41, 5.74) is 0. The predicted octanol–water partition coefficient (Wildman–Crippen LogP) is 1.28. The van der Waals surface area contributed by atoms with Gasteiger partial charge < -0.3 is 0 Å². The van der Waals surface area contributed by atoms with Crippen LogP contribution in [0.3, 0.4) is 0 Å². The normalized spacial score (nSPS) is 13.7. The van der Waals surface area contributed by atoms with E-state index in [4.69, 9.17) is 5.84 Å². The molecule has 0 unspecified atom stereocenters. The quantitative estimate of drug-likeness (QED) is 0.215. The van der Waals surface area contributed by atoms with Crippen molar-refractivity contribution in [1.29, 1.82) is 0 Å². The van der Waals surface area contributed by atoms with E-state index < -0.39 is 0 Å². The molecule has 0 aromatic carbocycles. The minimum atomic E-state index is -0.388. The van der Waals surface area contributed by atoms with E-state index in [2.05, 4.69) is 0 Å². The minimum Gasteiger partial charge on any atom is -0.275 e. The summed E-state index contributed by atoms with van der Waals surface area (Å²) in [4.78, 5) is 47.3. The molecule has 0 atom stereocenters. The van der Waals surface area contributed by atoms with Crippen molar-refractivity contribution < 1.29 is 19.2 Å². The molecule has 0 bridgehead atoms. The second-order valence-electron chi connectivity index (χ2n) is 5.59. The zero-order chi connectivity index (χ0) is 17.2. The molecule has 7 nitrogen and oxygen atoms in total. The third kappa shape index (κ3) is 6.32. The van der Waals surface area contributed by atoms with Crippen LogP contribution in [0.4, 0.5) is 0 Å². The van der Waals surface area contributed by atoms with Gasteiger partial charge in [0.05, 0.1) is 0 Å². The zero-order valence-corrected chi connectivity index (χ0v) is 13.6. The van der Waals surface area contributed by atoms with Crippen LogP contribution in [-0.4, -0.2) is 40.1 Å². The van der Waals surface area contributed by atoms with Gasteiger partial charge in [-0.3, -0.25) is 24.1 Å². The number of nitrogens with zero attached hydrogens (tertiary/aromatic N) is 2. The molecule has 0 saturated heterocycles. The molecule has 1 aliphatic rings. The summed E-state index contributed by atoms with van der Waals surface area (Å²) < 4.78 is 0. The van der Waals surface area contributed by atoms with E-state index in [-0.39, 0.29) is 30.0 Å². The first kappa shape index (κ1) is 19.0. The lowest BCUT2D eigenvalue weighted by Crippen LogP contribution is -2.42. The van der Waals surface area contributed by atoms with Gasteiger partial charge in [-0.25, -0.2) is 10.9 Å². The molecule has 128 valence electrons. The van der Waals surface area contributed by atoms with Gasteiger partial charge in [0.15, 0.2) is 0 Å². The van der Waals surface area contributed by atoms with Crippen LogP contribution in [-0.2, 0) is 19.2 Å². The molecule has 0 radical (unpaired) electrons. The van der Waals surface area contributed by atoms with Gasteiger partial charge in [0.1, 0.15) is 0 Å². The van der Waals surface area contributed by atoms with Crippen LogP contribution >= 0.6 is 0 Å².